The summed E-state index contributed by atoms with van der Waals surface area (Å²) in [4.78, 5) is 0. The van der Waals surface area contributed by atoms with Crippen LogP contribution in [0.5, 0.6) is 0 Å². The van der Waals surface area contributed by atoms with Gasteiger partial charge in [0.25, 0.3) is 0 Å². The Morgan fingerprint density at radius 3 is 2.25 bits per heavy atom. The van der Waals surface area contributed by atoms with Gasteiger partial charge in [-0.05, 0) is 17.4 Å². The van der Waals surface area contributed by atoms with Crippen molar-refractivity contribution in [2.24, 2.45) is 5.92 Å². The molecule has 0 fully saturated rings. The molecule has 0 aliphatic rings. The summed E-state index contributed by atoms with van der Waals surface area (Å²) in [6.07, 6.45) is 1.15. The molecule has 3 heteroatoms. The molecule has 0 bridgehead atoms. The van der Waals surface area contributed by atoms with E-state index < -0.39 is 0 Å². The molecule has 0 spiro atoms. The van der Waals surface area contributed by atoms with Crippen molar-refractivity contribution < 1.29 is 24.7 Å². The van der Waals surface area contributed by atoms with Crippen LogP contribution in [0, 0.1) is 5.92 Å². The first-order valence-corrected chi connectivity index (χ1v) is 5.87. The van der Waals surface area contributed by atoms with E-state index in [9.17, 15) is 0 Å². The van der Waals surface area contributed by atoms with Crippen molar-refractivity contribution in [3.8, 4) is 0 Å². The van der Waals surface area contributed by atoms with Gasteiger partial charge in [-0.3, -0.25) is 0 Å². The van der Waals surface area contributed by atoms with Crippen molar-refractivity contribution in [3.63, 3.8) is 0 Å². The van der Waals surface area contributed by atoms with E-state index in [1.54, 1.807) is 0 Å². The van der Waals surface area contributed by atoms with E-state index in [-0.39, 0.29) is 30.1 Å². The molecular formula is C9H23LiOSi. The van der Waals surface area contributed by atoms with Gasteiger partial charge < -0.3 is 5.85 Å². The first kappa shape index (κ1) is 15.3. The zero-order valence-corrected chi connectivity index (χ0v) is 11.0. The molecule has 70 valence electrons. The van der Waals surface area contributed by atoms with Gasteiger partial charge in [-0.15, -0.1) is 0 Å². The van der Waals surface area contributed by atoms with E-state index >= 15 is 0 Å². The minimum absolute atomic E-state index is 0. The van der Waals surface area contributed by atoms with Crippen LogP contribution in [0.2, 0.25) is 5.04 Å². The van der Waals surface area contributed by atoms with Gasteiger partial charge in [0, 0.05) is 6.61 Å². The maximum Gasteiger partial charge on any atom is 1.00 e. The molecule has 0 aliphatic heterocycles. The minimum atomic E-state index is -0.319. The normalized spacial score (nSPS) is 12.5. The maximum atomic E-state index is 5.65. The van der Waals surface area contributed by atoms with Crippen LogP contribution >= 0.6 is 0 Å². The first-order valence-electron chi connectivity index (χ1n) is 4.58. The fourth-order valence-corrected chi connectivity index (χ4v) is 1.94. The molecule has 0 heterocycles. The van der Waals surface area contributed by atoms with Crippen LogP contribution in [0.1, 0.15) is 42.5 Å². The Kier molecular flexibility index (Phi) is 9.16. The van der Waals surface area contributed by atoms with Gasteiger partial charge in [0.1, 0.15) is 0 Å². The average Bonchev–Trinajstić information content (AvgIpc) is 1.88. The van der Waals surface area contributed by atoms with E-state index in [4.69, 9.17) is 4.43 Å². The van der Waals surface area contributed by atoms with Gasteiger partial charge in [0.15, 0.2) is 9.76 Å². The van der Waals surface area contributed by atoms with Gasteiger partial charge in [-0.1, -0.05) is 34.6 Å². The summed E-state index contributed by atoms with van der Waals surface area (Å²) in [7, 11) is -0.319. The summed E-state index contributed by atoms with van der Waals surface area (Å²) in [6.45, 7) is 12.3. The Bertz CT molecular complexity index is 110. The molecule has 0 amide bonds. The molecule has 0 aromatic rings. The Morgan fingerprint density at radius 2 is 1.92 bits per heavy atom. The van der Waals surface area contributed by atoms with Crippen LogP contribution in [-0.2, 0) is 4.43 Å². The summed E-state index contributed by atoms with van der Waals surface area (Å²) in [5, 5.41) is 0.467. The molecule has 0 aromatic carbocycles. The fraction of sp³-hybridized carbons (Fsp3) is 1.00. The number of hydrogen-bond donors (Lipinski definition) is 0. The largest absolute Gasteiger partial charge is 1.00 e. The Balaban J connectivity index is -0.000000500. The van der Waals surface area contributed by atoms with Crippen molar-refractivity contribution in [3.05, 3.63) is 0 Å². The Hall–Kier alpha value is 0.774. The van der Waals surface area contributed by atoms with Crippen LogP contribution < -0.4 is 18.9 Å². The van der Waals surface area contributed by atoms with Crippen LogP contribution in [0.3, 0.4) is 0 Å². The molecule has 0 N–H and O–H groups in total. The smallest absolute Gasteiger partial charge is 1.00 e. The summed E-state index contributed by atoms with van der Waals surface area (Å²) >= 11 is 0. The SMILES string of the molecule is CCCO[SiH2]C(C)(C)C(C)C.[H-].[Li+]. The molecule has 0 saturated carbocycles. The molecule has 0 aromatic heterocycles. The van der Waals surface area contributed by atoms with Crippen LogP contribution in [0.4, 0.5) is 0 Å². The number of hydrogen-bond acceptors (Lipinski definition) is 1. The third-order valence-corrected chi connectivity index (χ3v) is 4.44. The molecule has 0 rings (SSSR count). The third-order valence-electron chi connectivity index (χ3n) is 2.39. The van der Waals surface area contributed by atoms with Crippen LogP contribution in [0.25, 0.3) is 0 Å². The molecule has 0 radical (unpaired) electrons. The van der Waals surface area contributed by atoms with Crippen molar-refractivity contribution in [2.45, 2.75) is 46.1 Å². The topological polar surface area (TPSA) is 9.23 Å². The summed E-state index contributed by atoms with van der Waals surface area (Å²) < 4.78 is 5.65. The standard InChI is InChI=1S/C9H22OSi.Li.H/c1-6-7-10-11-9(4,5)8(2)3;;/h8H,6-7,11H2,1-5H3;;/q;+1;-1. The first-order chi connectivity index (χ1) is 5.00. The monoisotopic (exact) mass is 182 g/mol. The Morgan fingerprint density at radius 1 is 1.42 bits per heavy atom. The quantitative estimate of drug-likeness (QED) is 0.410. The van der Waals surface area contributed by atoms with Crippen molar-refractivity contribution in [1.82, 2.24) is 0 Å². The predicted molar refractivity (Wildman–Crippen MR) is 54.8 cm³/mol. The van der Waals surface area contributed by atoms with E-state index in [0.717, 1.165) is 18.9 Å². The molecule has 0 unspecified atom stereocenters. The van der Waals surface area contributed by atoms with Crippen LogP contribution in [-0.4, -0.2) is 16.4 Å². The van der Waals surface area contributed by atoms with Gasteiger partial charge in [-0.25, -0.2) is 0 Å². The summed E-state index contributed by atoms with van der Waals surface area (Å²) in [6, 6.07) is 0. The summed E-state index contributed by atoms with van der Waals surface area (Å²) in [5.74, 6) is 0.756. The predicted octanol–water partition coefficient (Wildman–Crippen LogP) is -0.532. The van der Waals surface area contributed by atoms with E-state index in [2.05, 4.69) is 34.6 Å². The molecule has 0 aliphatic carbocycles. The van der Waals surface area contributed by atoms with Gasteiger partial charge in [0.05, 0.1) is 0 Å². The molecule has 0 atom stereocenters. The van der Waals surface area contributed by atoms with E-state index in [1.165, 1.54) is 0 Å². The second-order valence-corrected chi connectivity index (χ2v) is 6.72. The number of rotatable bonds is 5. The van der Waals surface area contributed by atoms with Crippen LogP contribution in [0.15, 0.2) is 0 Å². The molecular weight excluding hydrogens is 159 g/mol. The van der Waals surface area contributed by atoms with E-state index in [0.29, 0.717) is 5.04 Å². The Labute approximate surface area is 93.3 Å². The van der Waals surface area contributed by atoms with Crippen molar-refractivity contribution >= 4 is 9.76 Å². The second-order valence-electron chi connectivity index (χ2n) is 4.20. The maximum absolute atomic E-state index is 5.65. The van der Waals surface area contributed by atoms with Gasteiger partial charge in [0.2, 0.25) is 0 Å². The minimum Gasteiger partial charge on any atom is -1.00 e. The zero-order valence-electron chi connectivity index (χ0n) is 10.6. The van der Waals surface area contributed by atoms with Gasteiger partial charge >= 0.3 is 18.9 Å². The second kappa shape index (κ2) is 7.20. The van der Waals surface area contributed by atoms with Crippen molar-refractivity contribution in [1.29, 1.82) is 0 Å². The average molecular weight is 182 g/mol. The summed E-state index contributed by atoms with van der Waals surface area (Å²) in [5.41, 5.74) is 0. The molecule has 0 saturated heterocycles. The zero-order chi connectivity index (χ0) is 8.91. The van der Waals surface area contributed by atoms with Crippen molar-refractivity contribution in [2.75, 3.05) is 6.61 Å². The molecule has 12 heavy (non-hydrogen) atoms. The third kappa shape index (κ3) is 6.31. The fourth-order valence-electron chi connectivity index (χ4n) is 0.646. The van der Waals surface area contributed by atoms with Gasteiger partial charge in [-0.2, -0.15) is 0 Å². The van der Waals surface area contributed by atoms with E-state index in [1.807, 2.05) is 0 Å². The molecule has 1 nitrogen and oxygen atoms in total.